The van der Waals surface area contributed by atoms with Gasteiger partial charge in [-0.1, -0.05) is 18.2 Å². The SMILES string of the molecule is OCc1ccccc1SF. The molecule has 1 rings (SSSR count). The number of aliphatic hydroxyl groups excluding tert-OH is 1. The monoisotopic (exact) mass is 158 g/mol. The summed E-state index contributed by atoms with van der Waals surface area (Å²) in [6.07, 6.45) is 0. The van der Waals surface area contributed by atoms with Gasteiger partial charge in [-0.05, 0) is 11.6 Å². The van der Waals surface area contributed by atoms with E-state index in [0.29, 0.717) is 10.5 Å². The third-order valence-corrected chi connectivity index (χ3v) is 1.79. The normalized spacial score (nSPS) is 9.80. The van der Waals surface area contributed by atoms with Gasteiger partial charge in [0.15, 0.2) is 0 Å². The third-order valence-electron chi connectivity index (χ3n) is 1.23. The fourth-order valence-corrected chi connectivity index (χ4v) is 1.07. The maximum absolute atomic E-state index is 12.0. The molecule has 0 saturated carbocycles. The predicted octanol–water partition coefficient (Wildman–Crippen LogP) is 2.16. The van der Waals surface area contributed by atoms with Crippen LogP contribution in [0.1, 0.15) is 5.56 Å². The first kappa shape index (κ1) is 7.57. The van der Waals surface area contributed by atoms with E-state index >= 15 is 0 Å². The summed E-state index contributed by atoms with van der Waals surface area (Å²) in [5.74, 6) is 0. The number of aliphatic hydroxyl groups is 1. The van der Waals surface area contributed by atoms with Gasteiger partial charge in [0.05, 0.1) is 18.8 Å². The number of hydrogen-bond donors (Lipinski definition) is 1. The van der Waals surface area contributed by atoms with E-state index in [4.69, 9.17) is 5.11 Å². The van der Waals surface area contributed by atoms with Crippen LogP contribution in [0.2, 0.25) is 0 Å². The van der Waals surface area contributed by atoms with Crippen LogP contribution in [-0.2, 0) is 6.61 Å². The highest BCUT2D eigenvalue weighted by molar-refractivity contribution is 7.94. The van der Waals surface area contributed by atoms with Gasteiger partial charge in [-0.15, -0.1) is 0 Å². The van der Waals surface area contributed by atoms with Crippen molar-refractivity contribution >= 4 is 12.1 Å². The van der Waals surface area contributed by atoms with Crippen LogP contribution in [0.4, 0.5) is 3.89 Å². The molecule has 0 aromatic heterocycles. The van der Waals surface area contributed by atoms with E-state index in [9.17, 15) is 3.89 Å². The van der Waals surface area contributed by atoms with E-state index in [-0.39, 0.29) is 18.8 Å². The molecular weight excluding hydrogens is 151 g/mol. The number of hydrogen-bond acceptors (Lipinski definition) is 2. The second kappa shape index (κ2) is 3.58. The van der Waals surface area contributed by atoms with Crippen molar-refractivity contribution in [1.82, 2.24) is 0 Å². The van der Waals surface area contributed by atoms with E-state index in [2.05, 4.69) is 0 Å². The molecule has 10 heavy (non-hydrogen) atoms. The van der Waals surface area contributed by atoms with Gasteiger partial charge in [0.1, 0.15) is 0 Å². The average molecular weight is 158 g/mol. The lowest BCUT2D eigenvalue weighted by Gasteiger charge is -1.98. The highest BCUT2D eigenvalue weighted by atomic mass is 32.2. The van der Waals surface area contributed by atoms with E-state index in [1.165, 1.54) is 0 Å². The Hall–Kier alpha value is -0.540. The second-order valence-electron chi connectivity index (χ2n) is 1.84. The van der Waals surface area contributed by atoms with Crippen LogP contribution in [0.15, 0.2) is 29.2 Å². The highest BCUT2D eigenvalue weighted by Gasteiger charge is 1.98. The fourth-order valence-electron chi connectivity index (χ4n) is 0.710. The Morgan fingerprint density at radius 2 is 2.10 bits per heavy atom. The minimum absolute atomic E-state index is 0.104. The maximum Gasteiger partial charge on any atom is 0.0815 e. The molecule has 1 nitrogen and oxygen atoms in total. The molecule has 0 radical (unpaired) electrons. The molecule has 54 valence electrons. The Morgan fingerprint density at radius 1 is 1.40 bits per heavy atom. The fraction of sp³-hybridized carbons (Fsp3) is 0.143. The lowest BCUT2D eigenvalue weighted by molar-refractivity contribution is 0.279. The van der Waals surface area contributed by atoms with Crippen molar-refractivity contribution in [3.8, 4) is 0 Å². The molecule has 0 saturated heterocycles. The van der Waals surface area contributed by atoms with Gasteiger partial charge in [0, 0.05) is 4.90 Å². The van der Waals surface area contributed by atoms with Crippen molar-refractivity contribution in [2.45, 2.75) is 11.5 Å². The molecule has 3 heteroatoms. The Morgan fingerprint density at radius 3 is 2.60 bits per heavy atom. The molecule has 1 aromatic carbocycles. The molecule has 0 unspecified atom stereocenters. The topological polar surface area (TPSA) is 20.2 Å². The first-order valence-electron chi connectivity index (χ1n) is 2.86. The van der Waals surface area contributed by atoms with Crippen LogP contribution >= 0.6 is 12.1 Å². The predicted molar refractivity (Wildman–Crippen MR) is 39.3 cm³/mol. The molecule has 0 heterocycles. The minimum atomic E-state index is -0.104. The highest BCUT2D eigenvalue weighted by Crippen LogP contribution is 2.22. The quantitative estimate of drug-likeness (QED) is 0.711. The lowest BCUT2D eigenvalue weighted by atomic mass is 10.2. The number of halogens is 1. The van der Waals surface area contributed by atoms with Crippen LogP contribution in [-0.4, -0.2) is 5.11 Å². The molecule has 0 amide bonds. The molecule has 1 aromatic rings. The van der Waals surface area contributed by atoms with Gasteiger partial charge in [-0.3, -0.25) is 0 Å². The molecule has 0 aliphatic rings. The molecular formula is C7H7FOS. The van der Waals surface area contributed by atoms with Crippen molar-refractivity contribution < 1.29 is 8.99 Å². The Balaban J connectivity index is 2.96. The Bertz CT molecular complexity index is 192. The summed E-state index contributed by atoms with van der Waals surface area (Å²) in [6.45, 7) is -0.104. The van der Waals surface area contributed by atoms with Gasteiger partial charge in [0.25, 0.3) is 0 Å². The molecule has 0 bridgehead atoms. The number of benzene rings is 1. The summed E-state index contributed by atoms with van der Waals surface area (Å²) in [4.78, 5) is 0.491. The molecule has 0 spiro atoms. The summed E-state index contributed by atoms with van der Waals surface area (Å²) in [6, 6.07) is 6.84. The maximum atomic E-state index is 12.0. The third kappa shape index (κ3) is 1.49. The zero-order valence-corrected chi connectivity index (χ0v) is 6.07. The number of rotatable bonds is 2. The smallest absolute Gasteiger partial charge is 0.0815 e. The van der Waals surface area contributed by atoms with Crippen molar-refractivity contribution in [3.05, 3.63) is 29.8 Å². The molecule has 0 atom stereocenters. The van der Waals surface area contributed by atoms with Crippen LogP contribution in [0.5, 0.6) is 0 Å². The Labute approximate surface area is 63.2 Å². The largest absolute Gasteiger partial charge is 0.392 e. The van der Waals surface area contributed by atoms with Gasteiger partial charge in [-0.2, -0.15) is 3.89 Å². The summed E-state index contributed by atoms with van der Waals surface area (Å²) in [5.41, 5.74) is 0.634. The van der Waals surface area contributed by atoms with Crippen molar-refractivity contribution in [3.63, 3.8) is 0 Å². The van der Waals surface area contributed by atoms with E-state index < -0.39 is 0 Å². The first-order chi connectivity index (χ1) is 4.88. The van der Waals surface area contributed by atoms with E-state index in [1.54, 1.807) is 24.3 Å². The minimum Gasteiger partial charge on any atom is -0.392 e. The van der Waals surface area contributed by atoms with Crippen molar-refractivity contribution in [2.75, 3.05) is 0 Å². The van der Waals surface area contributed by atoms with Gasteiger partial charge >= 0.3 is 0 Å². The summed E-state index contributed by atoms with van der Waals surface area (Å²) in [7, 11) is 0. The van der Waals surface area contributed by atoms with Crippen molar-refractivity contribution in [1.29, 1.82) is 0 Å². The second-order valence-corrected chi connectivity index (χ2v) is 2.44. The molecule has 0 fully saturated rings. The van der Waals surface area contributed by atoms with Gasteiger partial charge in [-0.25, -0.2) is 0 Å². The van der Waals surface area contributed by atoms with E-state index in [1.807, 2.05) is 0 Å². The molecule has 0 aliphatic carbocycles. The summed E-state index contributed by atoms with van der Waals surface area (Å²) < 4.78 is 12.0. The average Bonchev–Trinajstić information content (AvgIpc) is 2.04. The van der Waals surface area contributed by atoms with Crippen LogP contribution in [0.25, 0.3) is 0 Å². The van der Waals surface area contributed by atoms with Gasteiger partial charge < -0.3 is 5.11 Å². The van der Waals surface area contributed by atoms with Crippen molar-refractivity contribution in [2.24, 2.45) is 0 Å². The van der Waals surface area contributed by atoms with Crippen LogP contribution < -0.4 is 0 Å². The van der Waals surface area contributed by atoms with Crippen LogP contribution in [0.3, 0.4) is 0 Å². The molecule has 1 N–H and O–H groups in total. The lowest BCUT2D eigenvalue weighted by Crippen LogP contribution is -1.83. The first-order valence-corrected chi connectivity index (χ1v) is 3.57. The zero-order valence-electron chi connectivity index (χ0n) is 5.25. The standard InChI is InChI=1S/C7H7FOS/c8-10-7-4-2-1-3-6(7)5-9/h1-4,9H,5H2. The van der Waals surface area contributed by atoms with E-state index in [0.717, 1.165) is 0 Å². The van der Waals surface area contributed by atoms with Crippen LogP contribution in [0, 0.1) is 0 Å². The molecule has 0 aliphatic heterocycles. The van der Waals surface area contributed by atoms with Gasteiger partial charge in [0.2, 0.25) is 0 Å². The Kier molecular flexibility index (Phi) is 2.71. The summed E-state index contributed by atoms with van der Waals surface area (Å²) >= 11 is 0.160. The zero-order chi connectivity index (χ0) is 7.40. The summed E-state index contributed by atoms with van der Waals surface area (Å²) in [5, 5.41) is 8.67.